The van der Waals surface area contributed by atoms with E-state index in [4.69, 9.17) is 21.1 Å². The van der Waals surface area contributed by atoms with Gasteiger partial charge in [-0.15, -0.1) is 0 Å². The molecule has 2 N–H and O–H groups in total. The number of aryl methyl sites for hydroxylation is 1. The van der Waals surface area contributed by atoms with Crippen molar-refractivity contribution in [1.82, 2.24) is 5.32 Å². The second-order valence-electron chi connectivity index (χ2n) is 6.98. The van der Waals surface area contributed by atoms with Crippen molar-refractivity contribution in [3.63, 3.8) is 0 Å². The minimum atomic E-state index is -3.76. The molecule has 0 radical (unpaired) electrons. The molecule has 0 saturated carbocycles. The monoisotopic (exact) mass is 458 g/mol. The van der Waals surface area contributed by atoms with Gasteiger partial charge in [-0.2, -0.15) is 0 Å². The molecule has 0 bridgehead atoms. The standard InChI is InChI=1S/C22H19ClN2O5S/c1-14-2-6-17(7-3-14)31(27,28)25-16-5-8-18(19(23)11-16)22(26)24-12-15-4-9-20-21(10-15)30-13-29-20/h2-11,25H,12-13H2,1H3,(H,24,26). The van der Waals surface area contributed by atoms with Crippen LogP contribution in [0.2, 0.25) is 5.02 Å². The van der Waals surface area contributed by atoms with Crippen LogP contribution in [0.15, 0.2) is 65.6 Å². The van der Waals surface area contributed by atoms with Crippen molar-refractivity contribution in [3.8, 4) is 11.5 Å². The Kier molecular flexibility index (Phi) is 5.75. The molecule has 4 rings (SSSR count). The van der Waals surface area contributed by atoms with Crippen LogP contribution >= 0.6 is 11.6 Å². The smallest absolute Gasteiger partial charge is 0.261 e. The molecule has 0 saturated heterocycles. The molecule has 9 heteroatoms. The van der Waals surface area contributed by atoms with Crippen LogP contribution in [0.5, 0.6) is 11.5 Å². The van der Waals surface area contributed by atoms with Gasteiger partial charge in [0.25, 0.3) is 15.9 Å². The lowest BCUT2D eigenvalue weighted by Crippen LogP contribution is -2.23. The van der Waals surface area contributed by atoms with Crippen molar-refractivity contribution in [2.24, 2.45) is 0 Å². The average molecular weight is 459 g/mol. The van der Waals surface area contributed by atoms with E-state index in [0.29, 0.717) is 11.5 Å². The minimum absolute atomic E-state index is 0.132. The van der Waals surface area contributed by atoms with Crippen LogP contribution < -0.4 is 19.5 Å². The lowest BCUT2D eigenvalue weighted by molar-refractivity contribution is 0.0951. The number of hydrogen-bond acceptors (Lipinski definition) is 5. The molecule has 0 fully saturated rings. The van der Waals surface area contributed by atoms with Gasteiger partial charge >= 0.3 is 0 Å². The molecule has 1 aliphatic heterocycles. The molecule has 7 nitrogen and oxygen atoms in total. The van der Waals surface area contributed by atoms with Crippen LogP contribution in [-0.2, 0) is 16.6 Å². The molecule has 0 atom stereocenters. The second-order valence-corrected chi connectivity index (χ2v) is 9.07. The van der Waals surface area contributed by atoms with Crippen molar-refractivity contribution < 1.29 is 22.7 Å². The maximum atomic E-state index is 12.5. The Hall–Kier alpha value is -3.23. The van der Waals surface area contributed by atoms with E-state index in [9.17, 15) is 13.2 Å². The number of ether oxygens (including phenoxy) is 2. The van der Waals surface area contributed by atoms with Crippen LogP contribution in [-0.4, -0.2) is 21.1 Å². The molecule has 1 heterocycles. The summed E-state index contributed by atoms with van der Waals surface area (Å²) < 4.78 is 38.1. The van der Waals surface area contributed by atoms with Crippen molar-refractivity contribution >= 4 is 33.2 Å². The minimum Gasteiger partial charge on any atom is -0.454 e. The zero-order valence-corrected chi connectivity index (χ0v) is 18.1. The molecule has 160 valence electrons. The van der Waals surface area contributed by atoms with Gasteiger partial charge in [0.1, 0.15) is 0 Å². The van der Waals surface area contributed by atoms with E-state index < -0.39 is 10.0 Å². The number of benzene rings is 3. The molecule has 1 aliphatic rings. The third-order valence-corrected chi connectivity index (χ3v) is 6.40. The summed E-state index contributed by atoms with van der Waals surface area (Å²) in [5, 5.41) is 2.92. The SMILES string of the molecule is Cc1ccc(S(=O)(=O)Nc2ccc(C(=O)NCc3ccc4c(c3)OCO4)c(Cl)c2)cc1. The number of rotatable bonds is 6. The molecule has 0 spiro atoms. The van der Waals surface area contributed by atoms with E-state index in [-0.39, 0.29) is 40.4 Å². The molecule has 31 heavy (non-hydrogen) atoms. The molecule has 3 aromatic rings. The van der Waals surface area contributed by atoms with E-state index in [2.05, 4.69) is 10.0 Å². The van der Waals surface area contributed by atoms with Gasteiger partial charge in [0.15, 0.2) is 11.5 Å². The third kappa shape index (κ3) is 4.76. The van der Waals surface area contributed by atoms with Gasteiger partial charge in [-0.1, -0.05) is 35.4 Å². The lowest BCUT2D eigenvalue weighted by atomic mass is 10.1. The Bertz CT molecular complexity index is 1240. The summed E-state index contributed by atoms with van der Waals surface area (Å²) >= 11 is 6.25. The summed E-state index contributed by atoms with van der Waals surface area (Å²) in [4.78, 5) is 12.7. The number of anilines is 1. The van der Waals surface area contributed by atoms with Gasteiger partial charge in [0.05, 0.1) is 21.2 Å². The number of amides is 1. The molecule has 0 aliphatic carbocycles. The number of carbonyl (C=O) groups is 1. The summed E-state index contributed by atoms with van der Waals surface area (Å²) in [6.45, 7) is 2.33. The first kappa shape index (κ1) is 21.0. The average Bonchev–Trinajstić information content (AvgIpc) is 3.20. The van der Waals surface area contributed by atoms with E-state index in [0.717, 1.165) is 11.1 Å². The van der Waals surface area contributed by atoms with Gasteiger partial charge in [0.2, 0.25) is 6.79 Å². The van der Waals surface area contributed by atoms with Crippen molar-refractivity contribution in [2.45, 2.75) is 18.4 Å². The van der Waals surface area contributed by atoms with Crippen LogP contribution in [0.25, 0.3) is 0 Å². The molecule has 0 unspecified atom stereocenters. The Morgan fingerprint density at radius 3 is 2.48 bits per heavy atom. The Labute approximate surface area is 185 Å². The van der Waals surface area contributed by atoms with E-state index in [1.807, 2.05) is 13.0 Å². The van der Waals surface area contributed by atoms with Gasteiger partial charge < -0.3 is 14.8 Å². The predicted octanol–water partition coefficient (Wildman–Crippen LogP) is 4.11. The highest BCUT2D eigenvalue weighted by atomic mass is 35.5. The molecular weight excluding hydrogens is 440 g/mol. The van der Waals surface area contributed by atoms with E-state index in [1.165, 1.54) is 30.3 Å². The fourth-order valence-corrected chi connectivity index (χ4v) is 4.34. The number of hydrogen-bond donors (Lipinski definition) is 2. The normalized spacial score (nSPS) is 12.5. The van der Waals surface area contributed by atoms with Crippen LogP contribution in [0.4, 0.5) is 5.69 Å². The number of nitrogens with one attached hydrogen (secondary N) is 2. The maximum Gasteiger partial charge on any atom is 0.261 e. The van der Waals surface area contributed by atoms with Crippen molar-refractivity contribution in [2.75, 3.05) is 11.5 Å². The Morgan fingerprint density at radius 2 is 1.74 bits per heavy atom. The molecular formula is C22H19ClN2O5S. The summed E-state index contributed by atoms with van der Waals surface area (Å²) in [6.07, 6.45) is 0. The fraction of sp³-hybridized carbons (Fsp3) is 0.136. The number of halogens is 1. The van der Waals surface area contributed by atoms with Gasteiger partial charge in [0, 0.05) is 6.54 Å². The zero-order valence-electron chi connectivity index (χ0n) is 16.5. The second kappa shape index (κ2) is 8.49. The summed E-state index contributed by atoms with van der Waals surface area (Å²) in [6, 6.07) is 16.3. The van der Waals surface area contributed by atoms with Crippen LogP contribution in [0.1, 0.15) is 21.5 Å². The van der Waals surface area contributed by atoms with Gasteiger partial charge in [-0.05, 0) is 55.0 Å². The Balaban J connectivity index is 1.43. The highest BCUT2D eigenvalue weighted by Crippen LogP contribution is 2.32. The van der Waals surface area contributed by atoms with Crippen molar-refractivity contribution in [3.05, 3.63) is 82.4 Å². The number of carbonyl (C=O) groups excluding carboxylic acids is 1. The zero-order chi connectivity index (χ0) is 22.0. The summed E-state index contributed by atoms with van der Waals surface area (Å²) in [5.41, 5.74) is 2.30. The van der Waals surface area contributed by atoms with Gasteiger partial charge in [-0.25, -0.2) is 8.42 Å². The fourth-order valence-electron chi connectivity index (χ4n) is 3.02. The summed E-state index contributed by atoms with van der Waals surface area (Å²) in [5.74, 6) is 0.924. The first-order chi connectivity index (χ1) is 14.8. The highest BCUT2D eigenvalue weighted by Gasteiger charge is 2.17. The largest absolute Gasteiger partial charge is 0.454 e. The van der Waals surface area contributed by atoms with Gasteiger partial charge in [-0.3, -0.25) is 9.52 Å². The van der Waals surface area contributed by atoms with Crippen LogP contribution in [0.3, 0.4) is 0 Å². The van der Waals surface area contributed by atoms with E-state index in [1.54, 1.807) is 24.3 Å². The number of fused-ring (bicyclic) bond motifs is 1. The predicted molar refractivity (Wildman–Crippen MR) is 117 cm³/mol. The van der Waals surface area contributed by atoms with Crippen molar-refractivity contribution in [1.29, 1.82) is 0 Å². The van der Waals surface area contributed by atoms with E-state index >= 15 is 0 Å². The lowest BCUT2D eigenvalue weighted by Gasteiger charge is -2.11. The first-order valence-electron chi connectivity index (χ1n) is 9.37. The maximum absolute atomic E-state index is 12.5. The quantitative estimate of drug-likeness (QED) is 0.579. The van der Waals surface area contributed by atoms with Crippen LogP contribution in [0, 0.1) is 6.92 Å². The molecule has 3 aromatic carbocycles. The highest BCUT2D eigenvalue weighted by molar-refractivity contribution is 7.92. The topological polar surface area (TPSA) is 93.7 Å². The first-order valence-corrected chi connectivity index (χ1v) is 11.2. The molecule has 1 amide bonds. The third-order valence-electron chi connectivity index (χ3n) is 4.69. The Morgan fingerprint density at radius 1 is 1.00 bits per heavy atom. The summed E-state index contributed by atoms with van der Waals surface area (Å²) in [7, 11) is -3.76. The number of sulfonamides is 1. The molecule has 0 aromatic heterocycles.